The molecule has 2 aromatic rings. The monoisotopic (exact) mass is 552 g/mol. The van der Waals surface area contributed by atoms with Gasteiger partial charge in [-0.05, 0) is 93.8 Å². The third-order valence-electron chi connectivity index (χ3n) is 7.33. The van der Waals surface area contributed by atoms with Gasteiger partial charge in [0.25, 0.3) is 5.91 Å². The molecule has 4 N–H and O–H groups in total. The Kier molecular flexibility index (Phi) is 9.72. The second-order valence-electron chi connectivity index (χ2n) is 10.5. The van der Waals surface area contributed by atoms with E-state index in [2.05, 4.69) is 19.2 Å². The first-order valence-electron chi connectivity index (χ1n) is 12.9. The molecule has 1 heterocycles. The largest absolute Gasteiger partial charge is 0.366 e. The molecule has 39 heavy (non-hydrogen) atoms. The molecule has 1 fully saturated rings. The number of carbonyl (C=O) groups is 3. The number of hydrogen-bond acceptors (Lipinski definition) is 5. The maximum Gasteiger partial charge on any atom is 0.251 e. The van der Waals surface area contributed by atoms with Crippen LogP contribution < -0.4 is 11.1 Å². The van der Waals surface area contributed by atoms with Crippen LogP contribution in [0.15, 0.2) is 54.1 Å². The lowest BCUT2D eigenvalue weighted by molar-refractivity contribution is -0.133. The average Bonchev–Trinajstić information content (AvgIpc) is 3.34. The molecular formula is C30H37FN4O3S. The van der Waals surface area contributed by atoms with Gasteiger partial charge < -0.3 is 21.4 Å². The van der Waals surface area contributed by atoms with Crippen LogP contribution in [0.4, 0.5) is 4.39 Å². The van der Waals surface area contributed by atoms with E-state index in [0.717, 1.165) is 29.5 Å². The molecule has 0 radical (unpaired) electrons. The van der Waals surface area contributed by atoms with E-state index < -0.39 is 5.91 Å². The molecular weight excluding hydrogens is 515 g/mol. The van der Waals surface area contributed by atoms with Gasteiger partial charge >= 0.3 is 0 Å². The van der Waals surface area contributed by atoms with Crippen LogP contribution in [0.2, 0.25) is 0 Å². The van der Waals surface area contributed by atoms with Crippen molar-refractivity contribution in [3.63, 3.8) is 0 Å². The number of thioether (sulfide) groups is 1. The Balaban J connectivity index is 1.76. The fraction of sp³-hybridized carbons (Fsp3) is 0.400. The zero-order chi connectivity index (χ0) is 28.9. The molecule has 3 amide bonds. The molecule has 2 atom stereocenters. The van der Waals surface area contributed by atoms with Gasteiger partial charge in [0.05, 0.1) is 12.6 Å². The highest BCUT2D eigenvalue weighted by atomic mass is 32.2. The van der Waals surface area contributed by atoms with Gasteiger partial charge in [0.1, 0.15) is 5.82 Å². The third-order valence-corrected chi connectivity index (χ3v) is 8.65. The molecule has 9 heteroatoms. The van der Waals surface area contributed by atoms with Crippen molar-refractivity contribution in [2.24, 2.45) is 5.73 Å². The van der Waals surface area contributed by atoms with E-state index in [1.165, 1.54) is 18.2 Å². The standard InChI is InChI=1S/C30H37FN4O3S/c1-18-13-22(10-9-20(18)15-23(28(33)37)14-19(2)32)29(38)34-17-27(36)35-25(21-7-6-8-24(31)16-21)11-12-26(35)30(3,4)39-5/h6-10,13-14,16,25-26,32H,11-12,15,17H2,1-5H3,(H2,33,37)(H,34,38)/b23-14-,32-19?. The Labute approximate surface area is 233 Å². The molecule has 0 saturated carbocycles. The van der Waals surface area contributed by atoms with Crippen LogP contribution in [-0.2, 0) is 16.0 Å². The van der Waals surface area contributed by atoms with E-state index in [1.807, 2.05) is 24.1 Å². The van der Waals surface area contributed by atoms with Gasteiger partial charge in [-0.25, -0.2) is 4.39 Å². The summed E-state index contributed by atoms with van der Waals surface area (Å²) < 4.78 is 13.8. The van der Waals surface area contributed by atoms with Crippen molar-refractivity contribution in [2.45, 2.75) is 63.8 Å². The number of nitrogens with one attached hydrogen (secondary N) is 2. The maximum atomic E-state index is 14.0. The van der Waals surface area contributed by atoms with E-state index in [9.17, 15) is 18.8 Å². The van der Waals surface area contributed by atoms with E-state index in [-0.39, 0.29) is 53.1 Å². The van der Waals surface area contributed by atoms with E-state index in [4.69, 9.17) is 11.1 Å². The van der Waals surface area contributed by atoms with Gasteiger partial charge in [0.15, 0.2) is 0 Å². The molecule has 0 aliphatic carbocycles. The van der Waals surface area contributed by atoms with Gasteiger partial charge in [-0.1, -0.05) is 18.2 Å². The van der Waals surface area contributed by atoms with Gasteiger partial charge in [-0.15, -0.1) is 0 Å². The third kappa shape index (κ3) is 7.35. The lowest BCUT2D eigenvalue weighted by Gasteiger charge is -2.39. The van der Waals surface area contributed by atoms with Crippen LogP contribution in [0.3, 0.4) is 0 Å². The molecule has 3 rings (SSSR count). The first kappa shape index (κ1) is 30.1. The zero-order valence-electron chi connectivity index (χ0n) is 23.1. The summed E-state index contributed by atoms with van der Waals surface area (Å²) in [5.74, 6) is -1.54. The van der Waals surface area contributed by atoms with Crippen LogP contribution in [0.5, 0.6) is 0 Å². The van der Waals surface area contributed by atoms with Crippen molar-refractivity contribution in [1.82, 2.24) is 10.2 Å². The Morgan fingerprint density at radius 3 is 2.51 bits per heavy atom. The minimum atomic E-state index is -0.595. The van der Waals surface area contributed by atoms with Gasteiger partial charge in [0.2, 0.25) is 11.8 Å². The van der Waals surface area contributed by atoms with Crippen molar-refractivity contribution in [1.29, 1.82) is 5.41 Å². The van der Waals surface area contributed by atoms with Crippen LogP contribution in [-0.4, -0.2) is 51.9 Å². The number of halogens is 1. The van der Waals surface area contributed by atoms with Gasteiger partial charge in [-0.2, -0.15) is 11.8 Å². The molecule has 208 valence electrons. The molecule has 1 saturated heterocycles. The summed E-state index contributed by atoms with van der Waals surface area (Å²) in [6.07, 6.45) is 5.21. The van der Waals surface area contributed by atoms with Crippen LogP contribution in [0, 0.1) is 18.2 Å². The number of hydrogen-bond donors (Lipinski definition) is 3. The fourth-order valence-corrected chi connectivity index (χ4v) is 5.58. The molecule has 0 bridgehead atoms. The van der Waals surface area contributed by atoms with Gasteiger partial charge in [-0.3, -0.25) is 14.4 Å². The maximum absolute atomic E-state index is 14.0. The highest BCUT2D eigenvalue weighted by molar-refractivity contribution is 8.00. The average molecular weight is 553 g/mol. The molecule has 7 nitrogen and oxygen atoms in total. The van der Waals surface area contributed by atoms with Crippen molar-refractivity contribution >= 4 is 35.2 Å². The Bertz CT molecular complexity index is 1310. The van der Waals surface area contributed by atoms with Crippen molar-refractivity contribution in [3.05, 3.63) is 82.2 Å². The number of nitrogens with two attached hydrogens (primary N) is 1. The van der Waals surface area contributed by atoms with E-state index >= 15 is 0 Å². The number of amides is 3. The zero-order valence-corrected chi connectivity index (χ0v) is 24.0. The summed E-state index contributed by atoms with van der Waals surface area (Å²) in [5, 5.41) is 10.4. The van der Waals surface area contributed by atoms with Crippen LogP contribution >= 0.6 is 11.8 Å². The molecule has 0 aromatic heterocycles. The second-order valence-corrected chi connectivity index (χ2v) is 12.0. The Morgan fingerprint density at radius 1 is 1.21 bits per heavy atom. The highest BCUT2D eigenvalue weighted by Gasteiger charge is 2.44. The summed E-state index contributed by atoms with van der Waals surface area (Å²) in [6.45, 7) is 7.41. The molecule has 2 unspecified atom stereocenters. The number of allylic oxidation sites excluding steroid dienone is 1. The molecule has 0 spiro atoms. The summed E-state index contributed by atoms with van der Waals surface area (Å²) in [6, 6.07) is 11.1. The smallest absolute Gasteiger partial charge is 0.251 e. The van der Waals surface area contributed by atoms with Gasteiger partial charge in [0, 0.05) is 34.1 Å². The number of rotatable bonds is 10. The first-order chi connectivity index (χ1) is 18.3. The lowest BCUT2D eigenvalue weighted by atomic mass is 9.97. The minimum absolute atomic E-state index is 0.0659. The number of likely N-dealkylation sites (tertiary alicyclic amines) is 1. The Morgan fingerprint density at radius 2 is 1.92 bits per heavy atom. The highest BCUT2D eigenvalue weighted by Crippen LogP contribution is 2.44. The second kappa shape index (κ2) is 12.6. The quantitative estimate of drug-likeness (QED) is 0.292. The topological polar surface area (TPSA) is 116 Å². The predicted molar refractivity (Wildman–Crippen MR) is 154 cm³/mol. The van der Waals surface area contributed by atoms with Crippen LogP contribution in [0.25, 0.3) is 0 Å². The van der Waals surface area contributed by atoms with E-state index in [0.29, 0.717) is 11.1 Å². The fourth-order valence-electron chi connectivity index (χ4n) is 5.08. The molecule has 1 aliphatic rings. The van der Waals surface area contributed by atoms with Crippen molar-refractivity contribution < 1.29 is 18.8 Å². The predicted octanol–water partition coefficient (Wildman–Crippen LogP) is 4.73. The van der Waals surface area contributed by atoms with E-state index in [1.54, 1.807) is 43.0 Å². The summed E-state index contributed by atoms with van der Waals surface area (Å²) in [5.41, 5.74) is 8.74. The molecule has 2 aromatic carbocycles. The summed E-state index contributed by atoms with van der Waals surface area (Å²) >= 11 is 1.68. The first-order valence-corrected chi connectivity index (χ1v) is 14.1. The van der Waals surface area contributed by atoms with Crippen molar-refractivity contribution in [2.75, 3.05) is 12.8 Å². The number of aryl methyl sites for hydroxylation is 1. The number of carbonyl (C=O) groups excluding carboxylic acids is 3. The normalized spacial score (nSPS) is 17.7. The molecule has 1 aliphatic heterocycles. The summed E-state index contributed by atoms with van der Waals surface area (Å²) in [7, 11) is 0. The minimum Gasteiger partial charge on any atom is -0.366 e. The lowest BCUT2D eigenvalue weighted by Crippen LogP contribution is -2.50. The number of primary amides is 1. The number of nitrogens with zero attached hydrogens (tertiary/aromatic N) is 1. The van der Waals surface area contributed by atoms with Crippen molar-refractivity contribution in [3.8, 4) is 0 Å². The van der Waals surface area contributed by atoms with Crippen LogP contribution in [0.1, 0.15) is 66.7 Å². The summed E-state index contributed by atoms with van der Waals surface area (Å²) in [4.78, 5) is 40.1. The Hall–Kier alpha value is -3.46. The number of benzene rings is 2. The SMILES string of the molecule is CSC(C)(C)C1CCC(c2cccc(F)c2)N1C(=O)CNC(=O)c1ccc(C/C(=C/C(C)=N)C(N)=O)c(C)c1.